The van der Waals surface area contributed by atoms with Crippen molar-refractivity contribution in [2.45, 2.75) is 24.5 Å². The zero-order chi connectivity index (χ0) is 13.9. The zero-order valence-corrected chi connectivity index (χ0v) is 12.0. The normalized spacial score (nSPS) is 13.4. The van der Waals surface area contributed by atoms with E-state index < -0.39 is 10.0 Å². The van der Waals surface area contributed by atoms with Gasteiger partial charge in [0, 0.05) is 4.88 Å². The topological polar surface area (TPSA) is 66.4 Å². The summed E-state index contributed by atoms with van der Waals surface area (Å²) in [7, 11) is -3.54. The first kappa shape index (κ1) is 14.2. The highest BCUT2D eigenvalue weighted by atomic mass is 32.2. The first-order chi connectivity index (χ1) is 9.03. The van der Waals surface area contributed by atoms with E-state index in [0.29, 0.717) is 5.56 Å². The molecule has 2 N–H and O–H groups in total. The number of benzene rings is 1. The smallest absolute Gasteiger partial charge is 0.241 e. The molecule has 0 fully saturated rings. The van der Waals surface area contributed by atoms with Gasteiger partial charge in [-0.25, -0.2) is 13.1 Å². The predicted molar refractivity (Wildman–Crippen MR) is 75.4 cm³/mol. The molecule has 2 rings (SSSR count). The van der Waals surface area contributed by atoms with E-state index in [0.717, 1.165) is 4.88 Å². The molecule has 0 aliphatic rings. The first-order valence-electron chi connectivity index (χ1n) is 5.78. The van der Waals surface area contributed by atoms with Gasteiger partial charge in [0.15, 0.2) is 0 Å². The van der Waals surface area contributed by atoms with E-state index in [-0.39, 0.29) is 17.5 Å². The largest absolute Gasteiger partial charge is 0.392 e. The van der Waals surface area contributed by atoms with Crippen molar-refractivity contribution in [3.63, 3.8) is 0 Å². The van der Waals surface area contributed by atoms with Gasteiger partial charge in [-0.2, -0.15) is 0 Å². The Labute approximate surface area is 116 Å². The average Bonchev–Trinajstić information content (AvgIpc) is 2.92. The predicted octanol–water partition coefficient (Wildman–Crippen LogP) is 2.28. The molecule has 0 amide bonds. The van der Waals surface area contributed by atoms with Crippen LogP contribution in [0.3, 0.4) is 0 Å². The fourth-order valence-corrected chi connectivity index (χ4v) is 3.70. The lowest BCUT2D eigenvalue weighted by Crippen LogP contribution is -2.26. The molecule has 19 heavy (non-hydrogen) atoms. The number of thiophene rings is 1. The molecule has 0 aliphatic carbocycles. The SMILES string of the molecule is CC(NS(=O)(=O)c1ccc(CO)cc1)c1cccs1. The van der Waals surface area contributed by atoms with E-state index in [2.05, 4.69) is 4.72 Å². The minimum atomic E-state index is -3.54. The molecule has 0 aliphatic heterocycles. The molecule has 0 saturated heterocycles. The van der Waals surface area contributed by atoms with Crippen molar-refractivity contribution in [3.05, 3.63) is 52.2 Å². The lowest BCUT2D eigenvalue weighted by molar-refractivity contribution is 0.282. The standard InChI is InChI=1S/C13H15NO3S2/c1-10(13-3-2-8-18-13)14-19(16,17)12-6-4-11(9-15)5-7-12/h2-8,10,14-15H,9H2,1H3. The van der Waals surface area contributed by atoms with Gasteiger partial charge in [-0.15, -0.1) is 11.3 Å². The third-order valence-electron chi connectivity index (χ3n) is 2.72. The van der Waals surface area contributed by atoms with Crippen LogP contribution in [0.1, 0.15) is 23.4 Å². The van der Waals surface area contributed by atoms with E-state index in [9.17, 15) is 8.42 Å². The van der Waals surface area contributed by atoms with Crippen molar-refractivity contribution in [2.75, 3.05) is 0 Å². The molecule has 0 bridgehead atoms. The quantitative estimate of drug-likeness (QED) is 0.890. The average molecular weight is 297 g/mol. The highest BCUT2D eigenvalue weighted by Crippen LogP contribution is 2.21. The van der Waals surface area contributed by atoms with Crippen LogP contribution in [0.25, 0.3) is 0 Å². The second-order valence-corrected chi connectivity index (χ2v) is 6.85. The Hall–Kier alpha value is -1.21. The van der Waals surface area contributed by atoms with E-state index in [1.807, 2.05) is 24.4 Å². The minimum Gasteiger partial charge on any atom is -0.392 e. The summed E-state index contributed by atoms with van der Waals surface area (Å²) in [6.45, 7) is 1.71. The Kier molecular flexibility index (Phi) is 4.36. The van der Waals surface area contributed by atoms with Gasteiger partial charge in [-0.1, -0.05) is 18.2 Å². The van der Waals surface area contributed by atoms with Crippen molar-refractivity contribution >= 4 is 21.4 Å². The summed E-state index contributed by atoms with van der Waals surface area (Å²) < 4.78 is 27.0. The van der Waals surface area contributed by atoms with Crippen LogP contribution >= 0.6 is 11.3 Å². The van der Waals surface area contributed by atoms with Gasteiger partial charge >= 0.3 is 0 Å². The number of hydrogen-bond acceptors (Lipinski definition) is 4. The van der Waals surface area contributed by atoms with Crippen LogP contribution in [-0.2, 0) is 16.6 Å². The summed E-state index contributed by atoms with van der Waals surface area (Å²) in [5.41, 5.74) is 0.685. The van der Waals surface area contributed by atoms with Crippen molar-refractivity contribution in [1.29, 1.82) is 0 Å². The number of nitrogens with one attached hydrogen (secondary N) is 1. The summed E-state index contributed by atoms with van der Waals surface area (Å²) in [6, 6.07) is 9.72. The van der Waals surface area contributed by atoms with Gasteiger partial charge < -0.3 is 5.11 Å². The van der Waals surface area contributed by atoms with E-state index in [1.165, 1.54) is 23.5 Å². The molecule has 4 nitrogen and oxygen atoms in total. The van der Waals surface area contributed by atoms with Gasteiger partial charge in [0.2, 0.25) is 10.0 Å². The Morgan fingerprint density at radius 3 is 2.47 bits per heavy atom. The molecule has 0 spiro atoms. The molecule has 1 heterocycles. The third-order valence-corrected chi connectivity index (χ3v) is 5.33. The lowest BCUT2D eigenvalue weighted by atomic mass is 10.2. The Bertz CT molecular complexity index is 618. The molecular formula is C13H15NO3S2. The van der Waals surface area contributed by atoms with Crippen LogP contribution in [0.5, 0.6) is 0 Å². The summed E-state index contributed by atoms with van der Waals surface area (Å²) in [6.07, 6.45) is 0. The van der Waals surface area contributed by atoms with Crippen LogP contribution in [0.2, 0.25) is 0 Å². The second-order valence-electron chi connectivity index (χ2n) is 4.16. The van der Waals surface area contributed by atoms with Crippen molar-refractivity contribution in [3.8, 4) is 0 Å². The molecule has 0 saturated carbocycles. The highest BCUT2D eigenvalue weighted by Gasteiger charge is 2.18. The Morgan fingerprint density at radius 2 is 1.95 bits per heavy atom. The highest BCUT2D eigenvalue weighted by molar-refractivity contribution is 7.89. The summed E-state index contributed by atoms with van der Waals surface area (Å²) in [5.74, 6) is 0. The number of aliphatic hydroxyl groups excluding tert-OH is 1. The molecule has 102 valence electrons. The van der Waals surface area contributed by atoms with Crippen molar-refractivity contribution < 1.29 is 13.5 Å². The van der Waals surface area contributed by atoms with E-state index in [1.54, 1.807) is 12.1 Å². The summed E-state index contributed by atoms with van der Waals surface area (Å²) in [5, 5.41) is 10.9. The molecule has 2 aromatic rings. The number of sulfonamides is 1. The molecular weight excluding hydrogens is 282 g/mol. The third kappa shape index (κ3) is 3.42. The molecule has 6 heteroatoms. The van der Waals surface area contributed by atoms with Gasteiger partial charge in [0.1, 0.15) is 0 Å². The van der Waals surface area contributed by atoms with Crippen LogP contribution in [0, 0.1) is 0 Å². The molecule has 1 atom stereocenters. The van der Waals surface area contributed by atoms with Crippen molar-refractivity contribution in [1.82, 2.24) is 4.72 Å². The fourth-order valence-electron chi connectivity index (χ4n) is 1.67. The van der Waals surface area contributed by atoms with Crippen LogP contribution in [0.4, 0.5) is 0 Å². The van der Waals surface area contributed by atoms with E-state index in [4.69, 9.17) is 5.11 Å². The maximum atomic E-state index is 12.2. The van der Waals surface area contributed by atoms with Crippen LogP contribution in [0.15, 0.2) is 46.7 Å². The molecule has 1 aromatic heterocycles. The summed E-state index contributed by atoms with van der Waals surface area (Å²) in [4.78, 5) is 1.17. The number of hydrogen-bond donors (Lipinski definition) is 2. The van der Waals surface area contributed by atoms with Crippen LogP contribution < -0.4 is 4.72 Å². The maximum Gasteiger partial charge on any atom is 0.241 e. The van der Waals surface area contributed by atoms with Gasteiger partial charge in [0.25, 0.3) is 0 Å². The second kappa shape index (κ2) is 5.83. The molecule has 0 radical (unpaired) electrons. The fraction of sp³-hybridized carbons (Fsp3) is 0.231. The monoisotopic (exact) mass is 297 g/mol. The zero-order valence-electron chi connectivity index (χ0n) is 10.4. The minimum absolute atomic E-state index is 0.0979. The maximum absolute atomic E-state index is 12.2. The van der Waals surface area contributed by atoms with Gasteiger partial charge in [-0.3, -0.25) is 0 Å². The first-order valence-corrected chi connectivity index (χ1v) is 8.15. The Balaban J connectivity index is 2.17. The lowest BCUT2D eigenvalue weighted by Gasteiger charge is -2.13. The van der Waals surface area contributed by atoms with Gasteiger partial charge in [0.05, 0.1) is 17.5 Å². The number of aliphatic hydroxyl groups is 1. The molecule has 1 unspecified atom stereocenters. The van der Waals surface area contributed by atoms with Crippen LogP contribution in [-0.4, -0.2) is 13.5 Å². The Morgan fingerprint density at radius 1 is 1.26 bits per heavy atom. The summed E-state index contributed by atoms with van der Waals surface area (Å²) >= 11 is 1.51. The number of rotatable bonds is 5. The van der Waals surface area contributed by atoms with Gasteiger partial charge in [-0.05, 0) is 36.1 Å². The molecule has 1 aromatic carbocycles. The van der Waals surface area contributed by atoms with E-state index >= 15 is 0 Å². The van der Waals surface area contributed by atoms with Crippen molar-refractivity contribution in [2.24, 2.45) is 0 Å².